The van der Waals surface area contributed by atoms with Gasteiger partial charge in [-0.25, -0.2) is 0 Å². The van der Waals surface area contributed by atoms with E-state index in [-0.39, 0.29) is 0 Å². The van der Waals surface area contributed by atoms with E-state index in [0.29, 0.717) is 0 Å². The van der Waals surface area contributed by atoms with Crippen LogP contribution in [0.25, 0.3) is 35.1 Å². The molecule has 0 N–H and O–H groups in total. The fourth-order valence-corrected chi connectivity index (χ4v) is 6.77. The number of fused-ring (bicyclic) bond motifs is 1. The summed E-state index contributed by atoms with van der Waals surface area (Å²) in [5.74, 6) is 0. The minimum Gasteiger partial charge on any atom is -0.345 e. The maximum absolute atomic E-state index is 2.31. The lowest BCUT2D eigenvalue weighted by atomic mass is 10.0. The van der Waals surface area contributed by atoms with Crippen LogP contribution < -0.4 is 9.80 Å². The molecule has 0 spiro atoms. The van der Waals surface area contributed by atoms with Crippen LogP contribution in [0.3, 0.4) is 0 Å². The first-order valence-electron chi connectivity index (χ1n) is 19.6. The number of aryl methyl sites for hydroxylation is 4. The first kappa shape index (κ1) is 38.4. The molecular formula is C55H50N2. The van der Waals surface area contributed by atoms with E-state index in [4.69, 9.17) is 0 Å². The average molecular weight is 739 g/mol. The molecular weight excluding hydrogens is 689 g/mol. The van der Waals surface area contributed by atoms with Gasteiger partial charge in [-0.2, -0.15) is 0 Å². The van der Waals surface area contributed by atoms with Gasteiger partial charge in [0.05, 0.1) is 0 Å². The summed E-state index contributed by atoms with van der Waals surface area (Å²) in [5.41, 5.74) is 15.8. The highest BCUT2D eigenvalue weighted by Gasteiger charge is 2.13. The van der Waals surface area contributed by atoms with Crippen LogP contribution in [0.1, 0.15) is 44.5 Å². The number of nitrogens with zero attached hydrogens (tertiary/aromatic N) is 2. The lowest BCUT2D eigenvalue weighted by Crippen LogP contribution is -2.10. The molecule has 57 heavy (non-hydrogen) atoms. The fraction of sp³-hybridized carbons (Fsp3) is 0.0909. The summed E-state index contributed by atoms with van der Waals surface area (Å²) in [4.78, 5) is 4.51. The van der Waals surface area contributed by atoms with Gasteiger partial charge in [0, 0.05) is 35.5 Å². The third kappa shape index (κ3) is 9.86. The lowest BCUT2D eigenvalue weighted by Gasteiger charge is -2.26. The number of anilines is 5. The SMILES string of the molecule is Cc1ccc(N(c2ccccc2)c2ccc(C=Cc3ccc4cc(C=Cc5ccc(N(C)c6ccccc6)cc5)ccc4c3)cc2)cc1C.Cc1ccccc1C. The van der Waals surface area contributed by atoms with Crippen molar-refractivity contribution in [1.29, 1.82) is 0 Å². The molecule has 0 aliphatic rings. The summed E-state index contributed by atoms with van der Waals surface area (Å²) >= 11 is 0. The summed E-state index contributed by atoms with van der Waals surface area (Å²) in [7, 11) is 2.10. The Hall–Kier alpha value is -6.90. The normalized spacial score (nSPS) is 11.1. The van der Waals surface area contributed by atoms with Crippen LogP contribution in [-0.2, 0) is 0 Å². The van der Waals surface area contributed by atoms with Gasteiger partial charge in [-0.1, -0.05) is 140 Å². The zero-order valence-corrected chi connectivity index (χ0v) is 33.6. The Kier molecular flexibility index (Phi) is 12.2. The van der Waals surface area contributed by atoms with E-state index < -0.39 is 0 Å². The van der Waals surface area contributed by atoms with E-state index in [1.807, 2.05) is 6.07 Å². The Balaban J connectivity index is 0.000000554. The zero-order chi connectivity index (χ0) is 39.6. The van der Waals surface area contributed by atoms with Gasteiger partial charge < -0.3 is 9.80 Å². The quantitative estimate of drug-likeness (QED) is 0.136. The zero-order valence-electron chi connectivity index (χ0n) is 33.6. The molecule has 0 heterocycles. The van der Waals surface area contributed by atoms with Crippen LogP contribution in [0, 0.1) is 27.7 Å². The number of hydrogen-bond acceptors (Lipinski definition) is 2. The Labute approximate surface area is 339 Å². The molecule has 0 saturated carbocycles. The molecule has 0 aliphatic heterocycles. The smallest absolute Gasteiger partial charge is 0.0464 e. The van der Waals surface area contributed by atoms with Crippen molar-refractivity contribution in [3.05, 3.63) is 233 Å². The third-order valence-corrected chi connectivity index (χ3v) is 10.6. The molecule has 0 aliphatic carbocycles. The second kappa shape index (κ2) is 18.2. The summed E-state index contributed by atoms with van der Waals surface area (Å²) in [6.45, 7) is 8.57. The molecule has 8 aromatic rings. The van der Waals surface area contributed by atoms with Gasteiger partial charge >= 0.3 is 0 Å². The second-order valence-electron chi connectivity index (χ2n) is 14.6. The number of rotatable bonds is 9. The maximum atomic E-state index is 2.31. The molecule has 0 saturated heterocycles. The number of benzene rings is 8. The van der Waals surface area contributed by atoms with Crippen LogP contribution >= 0.6 is 0 Å². The molecule has 0 atom stereocenters. The molecule has 8 rings (SSSR count). The van der Waals surface area contributed by atoms with Crippen molar-refractivity contribution in [3.8, 4) is 0 Å². The Morgan fingerprint density at radius 2 is 0.667 bits per heavy atom. The summed E-state index contributed by atoms with van der Waals surface area (Å²) in [6.07, 6.45) is 8.75. The fourth-order valence-electron chi connectivity index (χ4n) is 6.77. The van der Waals surface area contributed by atoms with Gasteiger partial charge in [-0.05, 0) is 156 Å². The van der Waals surface area contributed by atoms with Crippen molar-refractivity contribution >= 4 is 63.5 Å². The monoisotopic (exact) mass is 738 g/mol. The molecule has 0 bridgehead atoms. The number of para-hydroxylation sites is 2. The minimum atomic E-state index is 1.13. The molecule has 280 valence electrons. The summed E-state index contributed by atoms with van der Waals surface area (Å²) in [5, 5.41) is 2.46. The van der Waals surface area contributed by atoms with E-state index >= 15 is 0 Å². The average Bonchev–Trinajstić information content (AvgIpc) is 3.26. The topological polar surface area (TPSA) is 6.48 Å². The lowest BCUT2D eigenvalue weighted by molar-refractivity contribution is 1.21. The van der Waals surface area contributed by atoms with E-state index in [0.717, 1.165) is 22.6 Å². The van der Waals surface area contributed by atoms with Crippen molar-refractivity contribution in [2.45, 2.75) is 27.7 Å². The van der Waals surface area contributed by atoms with Crippen LogP contribution in [0.2, 0.25) is 0 Å². The molecule has 0 aromatic heterocycles. The first-order chi connectivity index (χ1) is 27.8. The van der Waals surface area contributed by atoms with Crippen molar-refractivity contribution in [1.82, 2.24) is 0 Å². The maximum Gasteiger partial charge on any atom is 0.0464 e. The van der Waals surface area contributed by atoms with E-state index in [2.05, 4.69) is 251 Å². The van der Waals surface area contributed by atoms with Crippen LogP contribution in [0.15, 0.2) is 188 Å². The Morgan fingerprint density at radius 1 is 0.298 bits per heavy atom. The standard InChI is InChI=1S/C47H40N2.C8H10/c1-35-14-27-47(32-36(35)2)49(45-12-8-5-9-13-45)46-30-23-38(24-31-46)16-18-40-20-26-41-33-39(19-25-42(41)34-40)17-15-37-21-28-44(29-22-37)48(3)43-10-6-4-7-11-43;1-7-5-3-4-6-8(7)2/h4-34H,1-3H3;3-6H,1-2H3. The van der Waals surface area contributed by atoms with Crippen LogP contribution in [-0.4, -0.2) is 7.05 Å². The van der Waals surface area contributed by atoms with Gasteiger partial charge in [0.25, 0.3) is 0 Å². The second-order valence-corrected chi connectivity index (χ2v) is 14.6. The molecule has 0 radical (unpaired) electrons. The van der Waals surface area contributed by atoms with Crippen LogP contribution in [0.5, 0.6) is 0 Å². The number of hydrogen-bond donors (Lipinski definition) is 0. The predicted octanol–water partition coefficient (Wildman–Crippen LogP) is 15.3. The largest absolute Gasteiger partial charge is 0.345 e. The van der Waals surface area contributed by atoms with Crippen molar-refractivity contribution < 1.29 is 0 Å². The highest BCUT2D eigenvalue weighted by molar-refractivity contribution is 5.89. The van der Waals surface area contributed by atoms with Crippen molar-refractivity contribution in [2.75, 3.05) is 16.8 Å². The molecule has 0 amide bonds. The van der Waals surface area contributed by atoms with Gasteiger partial charge in [0.1, 0.15) is 0 Å². The van der Waals surface area contributed by atoms with E-state index in [9.17, 15) is 0 Å². The molecule has 0 fully saturated rings. The molecule has 2 heteroatoms. The van der Waals surface area contributed by atoms with Gasteiger partial charge in [-0.15, -0.1) is 0 Å². The Bertz CT molecular complexity index is 2580. The van der Waals surface area contributed by atoms with E-state index in [1.165, 1.54) is 61.1 Å². The van der Waals surface area contributed by atoms with Gasteiger partial charge in [0.2, 0.25) is 0 Å². The van der Waals surface area contributed by atoms with Crippen molar-refractivity contribution in [3.63, 3.8) is 0 Å². The summed E-state index contributed by atoms with van der Waals surface area (Å²) in [6, 6.07) is 66.8. The van der Waals surface area contributed by atoms with Gasteiger partial charge in [0.15, 0.2) is 0 Å². The molecule has 2 nitrogen and oxygen atoms in total. The molecule has 8 aromatic carbocycles. The highest BCUT2D eigenvalue weighted by atomic mass is 15.1. The highest BCUT2D eigenvalue weighted by Crippen LogP contribution is 2.35. The summed E-state index contributed by atoms with van der Waals surface area (Å²) < 4.78 is 0. The van der Waals surface area contributed by atoms with Crippen LogP contribution in [0.4, 0.5) is 28.4 Å². The van der Waals surface area contributed by atoms with Gasteiger partial charge in [-0.3, -0.25) is 0 Å². The third-order valence-electron chi connectivity index (χ3n) is 10.6. The van der Waals surface area contributed by atoms with Crippen molar-refractivity contribution in [2.24, 2.45) is 0 Å². The minimum absolute atomic E-state index is 1.13. The van der Waals surface area contributed by atoms with E-state index in [1.54, 1.807) is 0 Å². The first-order valence-corrected chi connectivity index (χ1v) is 19.6. The Morgan fingerprint density at radius 3 is 1.16 bits per heavy atom. The molecule has 0 unspecified atom stereocenters. The predicted molar refractivity (Wildman–Crippen MR) is 249 cm³/mol.